The molecule has 0 aromatic carbocycles. The van der Waals surface area contributed by atoms with Crippen LogP contribution >= 0.6 is 0 Å². The number of hydrogen-bond donors (Lipinski definition) is 4. The van der Waals surface area contributed by atoms with Gasteiger partial charge < -0.3 is 39.4 Å². The van der Waals surface area contributed by atoms with Gasteiger partial charge in [-0.3, -0.25) is 9.59 Å². The van der Waals surface area contributed by atoms with Crippen LogP contribution < -0.4 is 0 Å². The first kappa shape index (κ1) is 55.7. The van der Waals surface area contributed by atoms with Gasteiger partial charge in [0, 0.05) is 12.8 Å². The van der Waals surface area contributed by atoms with E-state index in [2.05, 4.69) is 62.5 Å². The van der Waals surface area contributed by atoms with Gasteiger partial charge in [0.1, 0.15) is 31.0 Å². The average molecular weight is 849 g/mol. The first-order valence-corrected chi connectivity index (χ1v) is 24.2. The molecule has 1 rings (SSSR count). The lowest BCUT2D eigenvalue weighted by Crippen LogP contribution is -2.59. The number of esters is 2. The van der Waals surface area contributed by atoms with E-state index in [0.29, 0.717) is 12.8 Å². The molecule has 2 unspecified atom stereocenters. The molecule has 348 valence electrons. The van der Waals surface area contributed by atoms with Crippen molar-refractivity contribution in [3.05, 3.63) is 48.6 Å². The summed E-state index contributed by atoms with van der Waals surface area (Å²) in [4.78, 5) is 25.3. The number of carbonyl (C=O) groups is 2. The predicted molar refractivity (Wildman–Crippen MR) is 242 cm³/mol. The molecule has 1 aliphatic rings. The van der Waals surface area contributed by atoms with E-state index in [0.717, 1.165) is 44.9 Å². The van der Waals surface area contributed by atoms with Crippen LogP contribution in [0, 0.1) is 0 Å². The summed E-state index contributed by atoms with van der Waals surface area (Å²) in [5.41, 5.74) is 0. The van der Waals surface area contributed by atoms with Gasteiger partial charge in [0.25, 0.3) is 0 Å². The molecule has 0 radical (unpaired) electrons. The van der Waals surface area contributed by atoms with Crippen molar-refractivity contribution in [2.75, 3.05) is 19.8 Å². The minimum atomic E-state index is -1.60. The van der Waals surface area contributed by atoms with E-state index in [1.54, 1.807) is 0 Å². The van der Waals surface area contributed by atoms with E-state index in [9.17, 15) is 30.0 Å². The van der Waals surface area contributed by atoms with Crippen molar-refractivity contribution in [2.45, 2.75) is 237 Å². The van der Waals surface area contributed by atoms with Crippen LogP contribution in [0.4, 0.5) is 0 Å². The van der Waals surface area contributed by atoms with Crippen molar-refractivity contribution in [2.24, 2.45) is 0 Å². The summed E-state index contributed by atoms with van der Waals surface area (Å²) >= 11 is 0. The van der Waals surface area contributed by atoms with Crippen LogP contribution in [0.25, 0.3) is 0 Å². The molecule has 1 fully saturated rings. The van der Waals surface area contributed by atoms with E-state index in [1.807, 2.05) is 0 Å². The molecule has 10 heteroatoms. The molecule has 0 aliphatic carbocycles. The number of unbranched alkanes of at least 4 members (excludes halogenated alkanes) is 21. The highest BCUT2D eigenvalue weighted by Gasteiger charge is 2.44. The topological polar surface area (TPSA) is 152 Å². The van der Waals surface area contributed by atoms with Crippen molar-refractivity contribution in [1.29, 1.82) is 0 Å². The summed E-state index contributed by atoms with van der Waals surface area (Å²) in [6, 6.07) is 0. The molecule has 6 atom stereocenters. The smallest absolute Gasteiger partial charge is 0.306 e. The SMILES string of the molecule is CCCCCCCCC/C=C/C/C=C/C/C=C/C/C=C/CCCC(=O)OC[C@@H](CO[C@H]1O[C@@H](CO)[C@@H](O)C(O)C1O)OC(=O)CCCCCCCCCCCCCCCC. The number of carbonyl (C=O) groups excluding carboxylic acids is 2. The monoisotopic (exact) mass is 849 g/mol. The molecule has 0 aromatic heterocycles. The first-order chi connectivity index (χ1) is 29.3. The second kappa shape index (κ2) is 40.7. The first-order valence-electron chi connectivity index (χ1n) is 24.2. The Bertz CT molecular complexity index is 1120. The Morgan fingerprint density at radius 1 is 0.517 bits per heavy atom. The van der Waals surface area contributed by atoms with Crippen LogP contribution in [-0.4, -0.2) is 89.0 Å². The van der Waals surface area contributed by atoms with Crippen molar-refractivity contribution < 1.29 is 49.0 Å². The Morgan fingerprint density at radius 3 is 1.45 bits per heavy atom. The number of hydrogen-bond acceptors (Lipinski definition) is 10. The number of ether oxygens (including phenoxy) is 4. The van der Waals surface area contributed by atoms with Crippen molar-refractivity contribution in [3.63, 3.8) is 0 Å². The zero-order valence-corrected chi connectivity index (χ0v) is 37.9. The highest BCUT2D eigenvalue weighted by molar-refractivity contribution is 5.70. The maximum absolute atomic E-state index is 12.8. The largest absolute Gasteiger partial charge is 0.462 e. The fourth-order valence-electron chi connectivity index (χ4n) is 7.12. The third-order valence-electron chi connectivity index (χ3n) is 11.0. The predicted octanol–water partition coefficient (Wildman–Crippen LogP) is 10.8. The van der Waals surface area contributed by atoms with Crippen LogP contribution in [0.3, 0.4) is 0 Å². The van der Waals surface area contributed by atoms with Gasteiger partial charge in [-0.05, 0) is 51.4 Å². The van der Waals surface area contributed by atoms with Crippen molar-refractivity contribution in [1.82, 2.24) is 0 Å². The molecule has 0 aromatic rings. The molecule has 60 heavy (non-hydrogen) atoms. The fourth-order valence-corrected chi connectivity index (χ4v) is 7.12. The van der Waals surface area contributed by atoms with Gasteiger partial charge in [-0.15, -0.1) is 0 Å². The van der Waals surface area contributed by atoms with Gasteiger partial charge >= 0.3 is 11.9 Å². The van der Waals surface area contributed by atoms with E-state index in [1.165, 1.54) is 116 Å². The number of rotatable bonds is 40. The van der Waals surface area contributed by atoms with Gasteiger partial charge in [-0.2, -0.15) is 0 Å². The summed E-state index contributed by atoms with van der Waals surface area (Å²) in [5.74, 6) is -0.868. The minimum absolute atomic E-state index is 0.200. The van der Waals surface area contributed by atoms with Crippen LogP contribution in [0.5, 0.6) is 0 Å². The van der Waals surface area contributed by atoms with Crippen molar-refractivity contribution >= 4 is 11.9 Å². The second-order valence-corrected chi connectivity index (χ2v) is 16.6. The Morgan fingerprint density at radius 2 is 0.950 bits per heavy atom. The maximum atomic E-state index is 12.8. The summed E-state index contributed by atoms with van der Waals surface area (Å²) in [7, 11) is 0. The molecule has 0 bridgehead atoms. The zero-order chi connectivity index (χ0) is 43.7. The fraction of sp³-hybridized carbons (Fsp3) is 0.800. The van der Waals surface area contributed by atoms with Gasteiger partial charge in [0.05, 0.1) is 13.2 Å². The van der Waals surface area contributed by atoms with Crippen molar-refractivity contribution in [3.8, 4) is 0 Å². The molecule has 1 saturated heterocycles. The molecule has 1 heterocycles. The maximum Gasteiger partial charge on any atom is 0.306 e. The van der Waals surface area contributed by atoms with Crippen LogP contribution in [0.1, 0.15) is 200 Å². The molecule has 1 aliphatic heterocycles. The Labute approximate surface area is 365 Å². The van der Waals surface area contributed by atoms with E-state index < -0.39 is 55.4 Å². The molecule has 4 N–H and O–H groups in total. The third kappa shape index (κ3) is 31.5. The number of allylic oxidation sites excluding steroid dienone is 8. The minimum Gasteiger partial charge on any atom is -0.462 e. The summed E-state index contributed by atoms with van der Waals surface area (Å²) < 4.78 is 22.1. The Kier molecular flexibility index (Phi) is 37.8. The lowest BCUT2D eigenvalue weighted by Gasteiger charge is -2.39. The van der Waals surface area contributed by atoms with Gasteiger partial charge in [0.2, 0.25) is 0 Å². The Balaban J connectivity index is 2.33. The standard InChI is InChI=1S/C50H88O10/c1-3-5-7-9-11-13-15-17-19-20-21-22-23-24-25-27-28-30-32-34-36-38-45(52)57-41-43(42-58-50-49(56)48(55)47(54)44(40-51)60-50)59-46(53)39-37-35-33-31-29-26-18-16-14-12-10-8-6-4-2/h19-20,22-23,25,27,30,32,43-44,47-51,54-56H,3-18,21,24,26,28-29,31,33-42H2,1-2H3/b20-19+,23-22+,27-25+,32-30+/t43-,44-,47+,48?,49?,50-/m0/s1. The van der Waals surface area contributed by atoms with E-state index in [4.69, 9.17) is 18.9 Å². The number of aliphatic hydroxyl groups excluding tert-OH is 4. The molecule has 10 nitrogen and oxygen atoms in total. The van der Waals surface area contributed by atoms with Gasteiger partial charge in [-0.1, -0.05) is 184 Å². The van der Waals surface area contributed by atoms with E-state index in [-0.39, 0.29) is 26.1 Å². The highest BCUT2D eigenvalue weighted by atomic mass is 16.7. The van der Waals surface area contributed by atoms with Crippen LogP contribution in [0.15, 0.2) is 48.6 Å². The normalized spacial score (nSPS) is 20.3. The Hall–Kier alpha value is -2.34. The van der Waals surface area contributed by atoms with Gasteiger partial charge in [-0.25, -0.2) is 0 Å². The third-order valence-corrected chi connectivity index (χ3v) is 11.0. The summed E-state index contributed by atoms with van der Waals surface area (Å²) in [5, 5.41) is 40.1. The molecule has 0 amide bonds. The quantitative estimate of drug-likeness (QED) is 0.0266. The molecular weight excluding hydrogens is 761 g/mol. The highest BCUT2D eigenvalue weighted by Crippen LogP contribution is 2.23. The molecular formula is C50H88O10. The van der Waals surface area contributed by atoms with Crippen LogP contribution in [-0.2, 0) is 28.5 Å². The lowest BCUT2D eigenvalue weighted by molar-refractivity contribution is -0.305. The summed E-state index contributed by atoms with van der Waals surface area (Å²) in [6.07, 6.45) is 41.2. The van der Waals surface area contributed by atoms with Gasteiger partial charge in [0.15, 0.2) is 12.4 Å². The average Bonchev–Trinajstić information content (AvgIpc) is 3.25. The zero-order valence-electron chi connectivity index (χ0n) is 37.9. The molecule has 0 spiro atoms. The molecule has 0 saturated carbocycles. The lowest BCUT2D eigenvalue weighted by atomic mass is 9.99. The van der Waals surface area contributed by atoms with Crippen LogP contribution in [0.2, 0.25) is 0 Å². The number of aliphatic hydroxyl groups is 4. The second-order valence-electron chi connectivity index (χ2n) is 16.6. The van der Waals surface area contributed by atoms with E-state index >= 15 is 0 Å². The summed E-state index contributed by atoms with van der Waals surface area (Å²) in [6.45, 7) is 3.38.